The molecule has 1 atom stereocenters. The molecule has 2 amide bonds. The molecule has 0 aromatic carbocycles. The SMILES string of the molecule is CC(C)C(N)CC(=O)NCCC(=O)N1CCCC1. The third-order valence-electron chi connectivity index (χ3n) is 3.40. The van der Waals surface area contributed by atoms with Gasteiger partial charge < -0.3 is 16.0 Å². The van der Waals surface area contributed by atoms with Crippen molar-refractivity contribution >= 4 is 11.8 Å². The molecule has 5 nitrogen and oxygen atoms in total. The molecule has 1 heterocycles. The fraction of sp³-hybridized carbons (Fsp3) is 0.846. The minimum absolute atomic E-state index is 0.0644. The van der Waals surface area contributed by atoms with Crippen LogP contribution >= 0.6 is 0 Å². The molecule has 1 aliphatic heterocycles. The van der Waals surface area contributed by atoms with Gasteiger partial charge in [0.2, 0.25) is 11.8 Å². The predicted octanol–water partition coefficient (Wildman–Crippen LogP) is 0.489. The normalized spacial score (nSPS) is 17.0. The Morgan fingerprint density at radius 3 is 2.44 bits per heavy atom. The summed E-state index contributed by atoms with van der Waals surface area (Å²) in [5, 5.41) is 2.76. The van der Waals surface area contributed by atoms with Gasteiger partial charge in [-0.15, -0.1) is 0 Å². The van der Waals surface area contributed by atoms with Gasteiger partial charge in [0.25, 0.3) is 0 Å². The molecule has 5 heteroatoms. The Labute approximate surface area is 109 Å². The van der Waals surface area contributed by atoms with Gasteiger partial charge in [0.1, 0.15) is 0 Å². The maximum atomic E-state index is 11.7. The summed E-state index contributed by atoms with van der Waals surface area (Å²) in [6.45, 7) is 6.14. The Kier molecular flexibility index (Phi) is 6.12. The summed E-state index contributed by atoms with van der Waals surface area (Å²) in [6, 6.07) is -0.112. The van der Waals surface area contributed by atoms with Crippen molar-refractivity contribution in [1.82, 2.24) is 10.2 Å². The lowest BCUT2D eigenvalue weighted by Gasteiger charge is -2.16. The number of nitrogens with zero attached hydrogens (tertiary/aromatic N) is 1. The van der Waals surface area contributed by atoms with E-state index < -0.39 is 0 Å². The molecule has 0 aromatic rings. The fourth-order valence-electron chi connectivity index (χ4n) is 1.96. The minimum atomic E-state index is -0.112. The van der Waals surface area contributed by atoms with Crippen LogP contribution in [-0.2, 0) is 9.59 Å². The van der Waals surface area contributed by atoms with Gasteiger partial charge in [-0.05, 0) is 18.8 Å². The molecule has 3 N–H and O–H groups in total. The lowest BCUT2D eigenvalue weighted by Crippen LogP contribution is -2.37. The van der Waals surface area contributed by atoms with Crippen LogP contribution in [-0.4, -0.2) is 42.4 Å². The zero-order valence-electron chi connectivity index (χ0n) is 11.4. The van der Waals surface area contributed by atoms with E-state index >= 15 is 0 Å². The molecule has 0 aliphatic carbocycles. The second-order valence-electron chi connectivity index (χ2n) is 5.30. The molecular weight excluding hydrogens is 230 g/mol. The molecule has 0 radical (unpaired) electrons. The van der Waals surface area contributed by atoms with Crippen LogP contribution in [0.2, 0.25) is 0 Å². The van der Waals surface area contributed by atoms with Gasteiger partial charge in [-0.2, -0.15) is 0 Å². The summed E-state index contributed by atoms with van der Waals surface area (Å²) in [5.74, 6) is 0.369. The van der Waals surface area contributed by atoms with Crippen molar-refractivity contribution in [2.45, 2.75) is 45.6 Å². The monoisotopic (exact) mass is 255 g/mol. The lowest BCUT2D eigenvalue weighted by molar-refractivity contribution is -0.130. The van der Waals surface area contributed by atoms with Crippen molar-refractivity contribution in [3.05, 3.63) is 0 Å². The third-order valence-corrected chi connectivity index (χ3v) is 3.40. The molecule has 1 fully saturated rings. The first-order valence-corrected chi connectivity index (χ1v) is 6.80. The Morgan fingerprint density at radius 2 is 1.89 bits per heavy atom. The number of carbonyl (C=O) groups is 2. The minimum Gasteiger partial charge on any atom is -0.356 e. The van der Waals surface area contributed by atoms with Gasteiger partial charge in [0, 0.05) is 38.5 Å². The number of likely N-dealkylation sites (tertiary alicyclic amines) is 1. The van der Waals surface area contributed by atoms with E-state index in [1.54, 1.807) is 0 Å². The van der Waals surface area contributed by atoms with E-state index in [0.717, 1.165) is 25.9 Å². The van der Waals surface area contributed by atoms with Crippen LogP contribution in [0.3, 0.4) is 0 Å². The van der Waals surface area contributed by atoms with E-state index in [1.807, 2.05) is 18.7 Å². The number of carbonyl (C=O) groups excluding carboxylic acids is 2. The molecule has 0 spiro atoms. The smallest absolute Gasteiger partial charge is 0.224 e. The summed E-state index contributed by atoms with van der Waals surface area (Å²) >= 11 is 0. The highest BCUT2D eigenvalue weighted by molar-refractivity contribution is 5.79. The molecule has 0 aromatic heterocycles. The molecule has 0 saturated carbocycles. The van der Waals surface area contributed by atoms with Crippen LogP contribution in [0.5, 0.6) is 0 Å². The van der Waals surface area contributed by atoms with E-state index in [9.17, 15) is 9.59 Å². The van der Waals surface area contributed by atoms with E-state index in [2.05, 4.69) is 5.32 Å². The molecule has 18 heavy (non-hydrogen) atoms. The van der Waals surface area contributed by atoms with Gasteiger partial charge in [-0.25, -0.2) is 0 Å². The predicted molar refractivity (Wildman–Crippen MR) is 70.9 cm³/mol. The molecule has 0 bridgehead atoms. The molecule has 1 saturated heterocycles. The molecule has 1 rings (SSSR count). The zero-order chi connectivity index (χ0) is 13.5. The number of hydrogen-bond acceptors (Lipinski definition) is 3. The van der Waals surface area contributed by atoms with Gasteiger partial charge in [0.15, 0.2) is 0 Å². The third kappa shape index (κ3) is 5.04. The summed E-state index contributed by atoms with van der Waals surface area (Å²) < 4.78 is 0. The first-order chi connectivity index (χ1) is 8.50. The quantitative estimate of drug-likeness (QED) is 0.725. The Bertz CT molecular complexity index is 286. The first kappa shape index (κ1) is 15.0. The molecule has 1 unspecified atom stereocenters. The molecular formula is C13H25N3O2. The van der Waals surface area contributed by atoms with Crippen molar-refractivity contribution in [3.63, 3.8) is 0 Å². The van der Waals surface area contributed by atoms with Crippen LogP contribution in [0.4, 0.5) is 0 Å². The maximum Gasteiger partial charge on any atom is 0.224 e. The second-order valence-corrected chi connectivity index (χ2v) is 5.30. The summed E-state index contributed by atoms with van der Waals surface area (Å²) in [4.78, 5) is 25.1. The summed E-state index contributed by atoms with van der Waals surface area (Å²) in [7, 11) is 0. The van der Waals surface area contributed by atoms with Crippen LogP contribution in [0.25, 0.3) is 0 Å². The lowest BCUT2D eigenvalue weighted by atomic mass is 10.0. The largest absolute Gasteiger partial charge is 0.356 e. The Balaban J connectivity index is 2.13. The van der Waals surface area contributed by atoms with Gasteiger partial charge in [-0.1, -0.05) is 13.8 Å². The highest BCUT2D eigenvalue weighted by Crippen LogP contribution is 2.08. The van der Waals surface area contributed by atoms with Gasteiger partial charge >= 0.3 is 0 Å². The molecule has 104 valence electrons. The van der Waals surface area contributed by atoms with E-state index in [0.29, 0.717) is 25.3 Å². The summed E-state index contributed by atoms with van der Waals surface area (Å²) in [5.41, 5.74) is 5.81. The standard InChI is InChI=1S/C13H25N3O2/c1-10(2)11(14)9-12(17)15-6-5-13(18)16-7-3-4-8-16/h10-11H,3-9,14H2,1-2H3,(H,15,17). The van der Waals surface area contributed by atoms with Crippen molar-refractivity contribution in [3.8, 4) is 0 Å². The van der Waals surface area contributed by atoms with Crippen molar-refractivity contribution < 1.29 is 9.59 Å². The number of nitrogens with one attached hydrogen (secondary N) is 1. The first-order valence-electron chi connectivity index (χ1n) is 6.80. The second kappa shape index (κ2) is 7.36. The van der Waals surface area contributed by atoms with Crippen molar-refractivity contribution in [1.29, 1.82) is 0 Å². The highest BCUT2D eigenvalue weighted by atomic mass is 16.2. The van der Waals surface area contributed by atoms with Crippen LogP contribution < -0.4 is 11.1 Å². The van der Waals surface area contributed by atoms with E-state index in [1.165, 1.54) is 0 Å². The molecule has 1 aliphatic rings. The Hall–Kier alpha value is -1.10. The van der Waals surface area contributed by atoms with Crippen molar-refractivity contribution in [2.75, 3.05) is 19.6 Å². The fourth-order valence-corrected chi connectivity index (χ4v) is 1.96. The van der Waals surface area contributed by atoms with Crippen molar-refractivity contribution in [2.24, 2.45) is 11.7 Å². The average molecular weight is 255 g/mol. The van der Waals surface area contributed by atoms with Crippen LogP contribution in [0.1, 0.15) is 39.5 Å². The number of nitrogens with two attached hydrogens (primary N) is 1. The summed E-state index contributed by atoms with van der Waals surface area (Å²) in [6.07, 6.45) is 2.92. The van der Waals surface area contributed by atoms with E-state index in [4.69, 9.17) is 5.73 Å². The number of hydrogen-bond donors (Lipinski definition) is 2. The average Bonchev–Trinajstić information content (AvgIpc) is 2.81. The van der Waals surface area contributed by atoms with Crippen LogP contribution in [0, 0.1) is 5.92 Å². The zero-order valence-corrected chi connectivity index (χ0v) is 11.4. The van der Waals surface area contributed by atoms with E-state index in [-0.39, 0.29) is 17.9 Å². The topological polar surface area (TPSA) is 75.4 Å². The van der Waals surface area contributed by atoms with Gasteiger partial charge in [-0.3, -0.25) is 9.59 Å². The highest BCUT2D eigenvalue weighted by Gasteiger charge is 2.18. The number of rotatable bonds is 6. The maximum absolute atomic E-state index is 11.7. The Morgan fingerprint density at radius 1 is 1.28 bits per heavy atom. The van der Waals surface area contributed by atoms with Crippen LogP contribution in [0.15, 0.2) is 0 Å². The van der Waals surface area contributed by atoms with Gasteiger partial charge in [0.05, 0.1) is 0 Å². The number of amides is 2.